The van der Waals surface area contributed by atoms with E-state index >= 15 is 0 Å². The Bertz CT molecular complexity index is 551. The van der Waals surface area contributed by atoms with Gasteiger partial charge in [0.1, 0.15) is 16.5 Å². The van der Waals surface area contributed by atoms with Gasteiger partial charge in [0.05, 0.1) is 0 Å². The molecule has 0 aromatic heterocycles. The summed E-state index contributed by atoms with van der Waals surface area (Å²) in [5.41, 5.74) is 0.304. The summed E-state index contributed by atoms with van der Waals surface area (Å²) in [6.45, 7) is 1.52. The third-order valence-electron chi connectivity index (χ3n) is 3.23. The molecule has 2 rings (SSSR count). The van der Waals surface area contributed by atoms with Crippen LogP contribution in [0.3, 0.4) is 0 Å². The number of benzene rings is 1. The van der Waals surface area contributed by atoms with Crippen LogP contribution in [0.1, 0.15) is 24.3 Å². The van der Waals surface area contributed by atoms with Crippen molar-refractivity contribution in [2.45, 2.75) is 23.7 Å². The van der Waals surface area contributed by atoms with E-state index in [1.165, 1.54) is 6.07 Å². The lowest BCUT2D eigenvalue weighted by Crippen LogP contribution is -2.27. The lowest BCUT2D eigenvalue weighted by Gasteiger charge is -2.24. The van der Waals surface area contributed by atoms with Gasteiger partial charge in [0.2, 0.25) is 0 Å². The molecular weight excluding hydrogens is 260 g/mol. The van der Waals surface area contributed by atoms with Crippen molar-refractivity contribution < 1.29 is 17.2 Å². The predicted molar refractivity (Wildman–Crippen MR) is 64.3 cm³/mol. The fourth-order valence-corrected chi connectivity index (χ4v) is 3.20. The summed E-state index contributed by atoms with van der Waals surface area (Å²) in [6.07, 6.45) is 2.28. The number of hydrogen-bond donors (Lipinski definition) is 1. The van der Waals surface area contributed by atoms with Gasteiger partial charge in [-0.2, -0.15) is 0 Å². The molecule has 3 nitrogen and oxygen atoms in total. The molecule has 1 saturated heterocycles. The molecule has 0 saturated carbocycles. The number of rotatable bonds is 2. The van der Waals surface area contributed by atoms with Gasteiger partial charge < -0.3 is 5.32 Å². The van der Waals surface area contributed by atoms with Gasteiger partial charge >= 0.3 is 0 Å². The van der Waals surface area contributed by atoms with Gasteiger partial charge in [0.25, 0.3) is 0 Å². The molecule has 0 unspecified atom stereocenters. The monoisotopic (exact) mass is 275 g/mol. The first-order valence-electron chi connectivity index (χ1n) is 5.80. The van der Waals surface area contributed by atoms with E-state index in [-0.39, 0.29) is 5.92 Å². The van der Waals surface area contributed by atoms with E-state index in [1.54, 1.807) is 0 Å². The number of hydrogen-bond acceptors (Lipinski definition) is 3. The Balaban J connectivity index is 2.50. The minimum absolute atomic E-state index is 0.0488. The topological polar surface area (TPSA) is 46.2 Å². The molecule has 0 aliphatic carbocycles. The molecule has 100 valence electrons. The van der Waals surface area contributed by atoms with E-state index < -0.39 is 26.4 Å². The van der Waals surface area contributed by atoms with Crippen LogP contribution in [0.5, 0.6) is 0 Å². The second kappa shape index (κ2) is 4.93. The predicted octanol–water partition coefficient (Wildman–Crippen LogP) is 1.84. The highest BCUT2D eigenvalue weighted by molar-refractivity contribution is 7.90. The van der Waals surface area contributed by atoms with E-state index in [0.29, 0.717) is 5.56 Å². The van der Waals surface area contributed by atoms with Crippen molar-refractivity contribution in [3.05, 3.63) is 29.3 Å². The van der Waals surface area contributed by atoms with Crippen LogP contribution in [0.25, 0.3) is 0 Å². The van der Waals surface area contributed by atoms with Crippen LogP contribution in [0.4, 0.5) is 8.78 Å². The van der Waals surface area contributed by atoms with Crippen LogP contribution in [0, 0.1) is 11.6 Å². The van der Waals surface area contributed by atoms with E-state index in [0.717, 1.165) is 38.3 Å². The first-order chi connectivity index (χ1) is 8.41. The first-order valence-corrected chi connectivity index (χ1v) is 7.69. The molecular formula is C12H15F2NO2S. The molecule has 1 N–H and O–H groups in total. The molecule has 0 atom stereocenters. The van der Waals surface area contributed by atoms with Gasteiger partial charge in [-0.3, -0.25) is 0 Å². The number of halogens is 2. The molecule has 1 aliphatic rings. The van der Waals surface area contributed by atoms with Crippen LogP contribution in [0.15, 0.2) is 17.0 Å². The maximum absolute atomic E-state index is 14.2. The molecule has 1 aromatic carbocycles. The Morgan fingerprint density at radius 1 is 1.22 bits per heavy atom. The van der Waals surface area contributed by atoms with E-state index in [1.807, 2.05) is 0 Å². The molecule has 1 heterocycles. The van der Waals surface area contributed by atoms with Gasteiger partial charge in [-0.25, -0.2) is 17.2 Å². The molecule has 1 aliphatic heterocycles. The number of sulfone groups is 1. The molecule has 6 heteroatoms. The van der Waals surface area contributed by atoms with Crippen LogP contribution >= 0.6 is 0 Å². The first kappa shape index (κ1) is 13.4. The lowest BCUT2D eigenvalue weighted by atomic mass is 9.90. The zero-order chi connectivity index (χ0) is 13.3. The average Bonchev–Trinajstić information content (AvgIpc) is 2.28. The molecule has 1 aromatic rings. The van der Waals surface area contributed by atoms with Crippen molar-refractivity contribution in [2.75, 3.05) is 19.3 Å². The molecule has 0 bridgehead atoms. The highest BCUT2D eigenvalue weighted by Crippen LogP contribution is 2.31. The van der Waals surface area contributed by atoms with Crippen LogP contribution in [-0.2, 0) is 9.84 Å². The van der Waals surface area contributed by atoms with Crippen molar-refractivity contribution in [1.82, 2.24) is 5.32 Å². The van der Waals surface area contributed by atoms with Crippen LogP contribution < -0.4 is 5.32 Å². The normalized spacial score (nSPS) is 17.9. The Hall–Kier alpha value is -1.01. The summed E-state index contributed by atoms with van der Waals surface area (Å²) in [5.74, 6) is -2.00. The van der Waals surface area contributed by atoms with Crippen molar-refractivity contribution in [3.63, 3.8) is 0 Å². The third kappa shape index (κ3) is 2.54. The largest absolute Gasteiger partial charge is 0.317 e. The molecule has 0 spiro atoms. The van der Waals surface area contributed by atoms with Crippen molar-refractivity contribution in [3.8, 4) is 0 Å². The second-order valence-electron chi connectivity index (χ2n) is 4.58. The standard InChI is InChI=1S/C12H15F2NO2S/c1-18(16,17)12-10(13)3-2-9(11(12)14)8-4-6-15-7-5-8/h2-3,8,15H,4-7H2,1H3. The lowest BCUT2D eigenvalue weighted by molar-refractivity contribution is 0.434. The van der Waals surface area contributed by atoms with Crippen molar-refractivity contribution >= 4 is 9.84 Å². The highest BCUT2D eigenvalue weighted by atomic mass is 32.2. The van der Waals surface area contributed by atoms with E-state index in [4.69, 9.17) is 0 Å². The Kier molecular flexibility index (Phi) is 3.68. The minimum atomic E-state index is -3.89. The molecule has 1 fully saturated rings. The highest BCUT2D eigenvalue weighted by Gasteiger charge is 2.26. The summed E-state index contributed by atoms with van der Waals surface area (Å²) in [7, 11) is -3.89. The summed E-state index contributed by atoms with van der Waals surface area (Å²) < 4.78 is 50.5. The van der Waals surface area contributed by atoms with E-state index in [2.05, 4.69) is 5.32 Å². The summed E-state index contributed by atoms with van der Waals surface area (Å²) in [6, 6.07) is 2.40. The van der Waals surface area contributed by atoms with Crippen molar-refractivity contribution in [1.29, 1.82) is 0 Å². The fraction of sp³-hybridized carbons (Fsp3) is 0.500. The summed E-state index contributed by atoms with van der Waals surface area (Å²) in [4.78, 5) is -0.807. The Morgan fingerprint density at radius 2 is 1.83 bits per heavy atom. The maximum atomic E-state index is 14.2. The van der Waals surface area contributed by atoms with Gasteiger partial charge in [-0.1, -0.05) is 6.07 Å². The second-order valence-corrected chi connectivity index (χ2v) is 6.53. The van der Waals surface area contributed by atoms with Crippen LogP contribution in [-0.4, -0.2) is 27.8 Å². The van der Waals surface area contributed by atoms with Crippen molar-refractivity contribution in [2.24, 2.45) is 0 Å². The average molecular weight is 275 g/mol. The summed E-state index contributed by atoms with van der Waals surface area (Å²) >= 11 is 0. The smallest absolute Gasteiger partial charge is 0.181 e. The quantitative estimate of drug-likeness (QED) is 0.895. The van der Waals surface area contributed by atoms with Crippen LogP contribution in [0.2, 0.25) is 0 Å². The third-order valence-corrected chi connectivity index (χ3v) is 4.34. The number of nitrogens with one attached hydrogen (secondary N) is 1. The zero-order valence-electron chi connectivity index (χ0n) is 10.0. The number of piperidine rings is 1. The SMILES string of the molecule is CS(=O)(=O)c1c(F)ccc(C2CCNCC2)c1F. The zero-order valence-corrected chi connectivity index (χ0v) is 10.9. The molecule has 0 radical (unpaired) electrons. The van der Waals surface area contributed by atoms with Gasteiger partial charge in [-0.15, -0.1) is 0 Å². The fourth-order valence-electron chi connectivity index (χ4n) is 2.34. The molecule has 0 amide bonds. The van der Waals surface area contributed by atoms with Gasteiger partial charge in [0.15, 0.2) is 9.84 Å². The maximum Gasteiger partial charge on any atom is 0.181 e. The van der Waals surface area contributed by atoms with Gasteiger partial charge in [-0.05, 0) is 43.5 Å². The minimum Gasteiger partial charge on any atom is -0.317 e. The Labute approximate surface area is 105 Å². The Morgan fingerprint density at radius 3 is 2.39 bits per heavy atom. The van der Waals surface area contributed by atoms with E-state index in [9.17, 15) is 17.2 Å². The summed E-state index contributed by atoms with van der Waals surface area (Å²) in [5, 5.41) is 3.15. The van der Waals surface area contributed by atoms with Gasteiger partial charge in [0, 0.05) is 6.26 Å². The molecule has 18 heavy (non-hydrogen) atoms.